The zero-order valence-corrected chi connectivity index (χ0v) is 15.1. The lowest BCUT2D eigenvalue weighted by Gasteiger charge is -2.05. The molecule has 0 aliphatic carbocycles. The van der Waals surface area contributed by atoms with Gasteiger partial charge >= 0.3 is 0 Å². The summed E-state index contributed by atoms with van der Waals surface area (Å²) in [5.74, 6) is 0.475. The number of aromatic hydroxyl groups is 1. The maximum Gasteiger partial charge on any atom is 0.179 e. The van der Waals surface area contributed by atoms with E-state index < -0.39 is 0 Å². The number of phenolic OH excluding ortho intramolecular Hbond substituents is 1. The van der Waals surface area contributed by atoms with Crippen LogP contribution in [0.15, 0.2) is 47.1 Å². The van der Waals surface area contributed by atoms with Crippen LogP contribution in [-0.2, 0) is 0 Å². The van der Waals surface area contributed by atoms with Gasteiger partial charge in [-0.25, -0.2) is 0 Å². The summed E-state index contributed by atoms with van der Waals surface area (Å²) in [6, 6.07) is 12.1. The Morgan fingerprint density at radius 1 is 1.23 bits per heavy atom. The Bertz CT molecular complexity index is 1020. The molecule has 7 heteroatoms. The first-order valence-electron chi connectivity index (χ1n) is 7.58. The van der Waals surface area contributed by atoms with Crippen molar-refractivity contribution in [2.24, 2.45) is 0 Å². The van der Waals surface area contributed by atoms with E-state index in [2.05, 4.69) is 16.5 Å². The molecule has 3 rings (SSSR count). The van der Waals surface area contributed by atoms with Crippen LogP contribution in [0.1, 0.15) is 16.9 Å². The van der Waals surface area contributed by atoms with Crippen molar-refractivity contribution < 1.29 is 9.63 Å². The van der Waals surface area contributed by atoms with Gasteiger partial charge in [-0.05, 0) is 42.8 Å². The average molecular weight is 386 g/mol. The minimum atomic E-state index is 0.195. The molecule has 0 saturated carbocycles. The molecule has 5 nitrogen and oxygen atoms in total. The summed E-state index contributed by atoms with van der Waals surface area (Å²) >= 11 is 12.4. The number of hydrogen-bond acceptors (Lipinski definition) is 5. The van der Waals surface area contributed by atoms with Crippen molar-refractivity contribution >= 4 is 35.0 Å². The predicted molar refractivity (Wildman–Crippen MR) is 102 cm³/mol. The van der Waals surface area contributed by atoms with Crippen molar-refractivity contribution in [1.29, 1.82) is 5.26 Å². The largest absolute Gasteiger partial charge is 0.508 e. The number of aryl methyl sites for hydroxylation is 1. The van der Waals surface area contributed by atoms with Crippen molar-refractivity contribution in [3.8, 4) is 23.1 Å². The van der Waals surface area contributed by atoms with Crippen molar-refractivity contribution in [1.82, 2.24) is 5.16 Å². The number of halogens is 2. The maximum atomic E-state index is 9.50. The summed E-state index contributed by atoms with van der Waals surface area (Å²) in [7, 11) is 0. The lowest BCUT2D eigenvalue weighted by molar-refractivity contribution is 0.415. The number of aromatic nitrogens is 1. The molecular formula is C19H13Cl2N3O2. The number of nitrogens with one attached hydrogen (secondary N) is 1. The number of hydrogen-bond donors (Lipinski definition) is 2. The first kappa shape index (κ1) is 17.9. The van der Waals surface area contributed by atoms with Gasteiger partial charge in [0.15, 0.2) is 5.76 Å². The molecule has 2 aromatic carbocycles. The third kappa shape index (κ3) is 3.52. The molecule has 26 heavy (non-hydrogen) atoms. The minimum absolute atomic E-state index is 0.195. The second kappa shape index (κ2) is 7.52. The zero-order chi connectivity index (χ0) is 18.7. The number of phenols is 1. The second-order valence-corrected chi connectivity index (χ2v) is 6.27. The van der Waals surface area contributed by atoms with Crippen molar-refractivity contribution in [2.75, 3.05) is 5.32 Å². The molecule has 0 fully saturated rings. The van der Waals surface area contributed by atoms with Crippen molar-refractivity contribution in [3.05, 3.63) is 69.5 Å². The molecule has 0 amide bonds. The molecule has 130 valence electrons. The van der Waals surface area contributed by atoms with E-state index >= 15 is 0 Å². The highest BCUT2D eigenvalue weighted by atomic mass is 35.5. The topological polar surface area (TPSA) is 82.1 Å². The van der Waals surface area contributed by atoms with Crippen LogP contribution in [0, 0.1) is 18.3 Å². The smallest absolute Gasteiger partial charge is 0.179 e. The summed E-state index contributed by atoms with van der Waals surface area (Å²) in [6.07, 6.45) is 3.21. The van der Waals surface area contributed by atoms with Gasteiger partial charge in [0, 0.05) is 23.5 Å². The van der Waals surface area contributed by atoms with E-state index in [1.54, 1.807) is 48.7 Å². The molecule has 0 bridgehead atoms. The molecule has 0 aliphatic heterocycles. The summed E-state index contributed by atoms with van der Waals surface area (Å²) in [5, 5.41) is 26.7. The molecule has 2 N–H and O–H groups in total. The highest BCUT2D eigenvalue weighted by Gasteiger charge is 2.20. The van der Waals surface area contributed by atoms with Gasteiger partial charge in [0.2, 0.25) is 0 Å². The van der Waals surface area contributed by atoms with Crippen LogP contribution in [0.2, 0.25) is 10.0 Å². The van der Waals surface area contributed by atoms with Gasteiger partial charge in [0.05, 0.1) is 10.0 Å². The Labute approximate surface area is 160 Å². The second-order valence-electron chi connectivity index (χ2n) is 5.46. The molecule has 0 spiro atoms. The van der Waals surface area contributed by atoms with Gasteiger partial charge in [-0.1, -0.05) is 34.4 Å². The quantitative estimate of drug-likeness (QED) is 0.569. The van der Waals surface area contributed by atoms with Crippen LogP contribution < -0.4 is 5.32 Å². The van der Waals surface area contributed by atoms with E-state index in [4.69, 9.17) is 27.7 Å². The molecular weight excluding hydrogens is 373 g/mol. The summed E-state index contributed by atoms with van der Waals surface area (Å²) < 4.78 is 5.28. The zero-order valence-electron chi connectivity index (χ0n) is 13.6. The molecule has 0 unspecified atom stereocenters. The summed E-state index contributed by atoms with van der Waals surface area (Å²) in [5.41, 5.74) is 2.67. The fourth-order valence-electron chi connectivity index (χ4n) is 2.44. The number of benzene rings is 2. The van der Waals surface area contributed by atoms with Crippen LogP contribution in [-0.4, -0.2) is 10.3 Å². The Kier molecular flexibility index (Phi) is 5.17. The monoisotopic (exact) mass is 385 g/mol. The highest BCUT2D eigenvalue weighted by Crippen LogP contribution is 2.36. The Morgan fingerprint density at radius 2 is 1.96 bits per heavy atom. The summed E-state index contributed by atoms with van der Waals surface area (Å²) in [4.78, 5) is 0. The average Bonchev–Trinajstić information content (AvgIpc) is 2.99. The molecule has 0 aliphatic rings. The normalized spacial score (nSPS) is 10.8. The van der Waals surface area contributed by atoms with Gasteiger partial charge in [-0.15, -0.1) is 0 Å². The Morgan fingerprint density at radius 3 is 2.62 bits per heavy atom. The number of nitriles is 1. The maximum absolute atomic E-state index is 9.50. The van der Waals surface area contributed by atoms with E-state index in [1.807, 2.05) is 6.92 Å². The van der Waals surface area contributed by atoms with E-state index in [9.17, 15) is 10.4 Å². The number of nitrogens with zero attached hydrogens (tertiary/aromatic N) is 2. The van der Waals surface area contributed by atoms with Gasteiger partial charge in [-0.3, -0.25) is 0 Å². The van der Waals surface area contributed by atoms with E-state index in [0.29, 0.717) is 21.3 Å². The van der Waals surface area contributed by atoms with Crippen molar-refractivity contribution in [3.63, 3.8) is 0 Å². The van der Waals surface area contributed by atoms with Crippen LogP contribution in [0.5, 0.6) is 5.75 Å². The molecule has 3 aromatic rings. The van der Waals surface area contributed by atoms with Crippen molar-refractivity contribution in [2.45, 2.75) is 6.92 Å². The third-order valence-electron chi connectivity index (χ3n) is 3.71. The first-order valence-corrected chi connectivity index (χ1v) is 8.33. The number of anilines is 1. The van der Waals surface area contributed by atoms with E-state index in [1.165, 1.54) is 0 Å². The highest BCUT2D eigenvalue weighted by molar-refractivity contribution is 6.39. The molecule has 0 radical (unpaired) electrons. The fourth-order valence-corrected chi connectivity index (χ4v) is 3.01. The lowest BCUT2D eigenvalue weighted by atomic mass is 10.1. The molecule has 1 heterocycles. The van der Waals surface area contributed by atoms with E-state index in [-0.39, 0.29) is 17.1 Å². The SMILES string of the molecule is Cc1cc(O)ccc1N/C=C/c1onc(-c2c(Cl)cccc2Cl)c1C#N. The molecule has 0 saturated heterocycles. The third-order valence-corrected chi connectivity index (χ3v) is 4.34. The number of rotatable bonds is 4. The fraction of sp³-hybridized carbons (Fsp3) is 0.0526. The van der Waals surface area contributed by atoms with Crippen LogP contribution in [0.4, 0.5) is 5.69 Å². The molecule has 0 atom stereocenters. The first-order chi connectivity index (χ1) is 12.5. The Hall–Kier alpha value is -2.94. The summed E-state index contributed by atoms with van der Waals surface area (Å²) in [6.45, 7) is 1.86. The van der Waals surface area contributed by atoms with E-state index in [0.717, 1.165) is 11.3 Å². The van der Waals surface area contributed by atoms with Crippen LogP contribution >= 0.6 is 23.2 Å². The van der Waals surface area contributed by atoms with Crippen LogP contribution in [0.25, 0.3) is 17.3 Å². The lowest BCUT2D eigenvalue weighted by Crippen LogP contribution is -1.90. The van der Waals surface area contributed by atoms with Gasteiger partial charge in [-0.2, -0.15) is 5.26 Å². The van der Waals surface area contributed by atoms with Gasteiger partial charge in [0.25, 0.3) is 0 Å². The Balaban J connectivity index is 1.90. The van der Waals surface area contributed by atoms with Crippen LogP contribution in [0.3, 0.4) is 0 Å². The predicted octanol–water partition coefficient (Wildman–Crippen LogP) is 5.62. The standard InChI is InChI=1S/C19H13Cl2N3O2/c1-11-9-12(25)5-6-16(11)23-8-7-17-13(10-22)19(24-26-17)18-14(20)3-2-4-15(18)21/h2-9,23,25H,1H3/b8-7+. The molecule has 1 aromatic heterocycles. The van der Waals surface area contributed by atoms with Gasteiger partial charge < -0.3 is 14.9 Å². The van der Waals surface area contributed by atoms with Gasteiger partial charge in [0.1, 0.15) is 23.1 Å². The minimum Gasteiger partial charge on any atom is -0.508 e.